The highest BCUT2D eigenvalue weighted by molar-refractivity contribution is 5.91. The zero-order chi connectivity index (χ0) is 20.4. The van der Waals surface area contributed by atoms with E-state index in [0.29, 0.717) is 23.3 Å². The largest absolute Gasteiger partial charge is 0.496 e. The number of aromatic nitrogens is 4. The molecule has 0 bridgehead atoms. The van der Waals surface area contributed by atoms with Gasteiger partial charge >= 0.3 is 0 Å². The van der Waals surface area contributed by atoms with Crippen LogP contribution in [0.5, 0.6) is 5.75 Å². The number of pyridine rings is 2. The fourth-order valence-electron chi connectivity index (χ4n) is 3.22. The third-order valence-electron chi connectivity index (χ3n) is 4.80. The zero-order valence-corrected chi connectivity index (χ0v) is 16.5. The van der Waals surface area contributed by atoms with Crippen molar-refractivity contribution >= 4 is 16.7 Å². The Morgan fingerprint density at radius 2 is 1.93 bits per heavy atom. The second-order valence-corrected chi connectivity index (χ2v) is 6.80. The van der Waals surface area contributed by atoms with Crippen molar-refractivity contribution < 1.29 is 4.74 Å². The molecule has 0 radical (unpaired) electrons. The Kier molecular flexibility index (Phi) is 4.95. The van der Waals surface area contributed by atoms with Crippen molar-refractivity contribution in [2.75, 3.05) is 12.4 Å². The normalized spacial score (nSPS) is 10.9. The summed E-state index contributed by atoms with van der Waals surface area (Å²) in [5, 5.41) is 3.77. The molecule has 4 rings (SSSR count). The van der Waals surface area contributed by atoms with Crippen LogP contribution < -0.4 is 15.6 Å². The van der Waals surface area contributed by atoms with Gasteiger partial charge in [-0.05, 0) is 54.4 Å². The van der Waals surface area contributed by atoms with Gasteiger partial charge in [0.1, 0.15) is 17.0 Å². The van der Waals surface area contributed by atoms with Crippen LogP contribution in [0.1, 0.15) is 11.1 Å². The first-order valence-corrected chi connectivity index (χ1v) is 9.21. The number of rotatable bonds is 5. The maximum absolute atomic E-state index is 12.8. The highest BCUT2D eigenvalue weighted by Gasteiger charge is 2.14. The lowest BCUT2D eigenvalue weighted by molar-refractivity contribution is 0.412. The van der Waals surface area contributed by atoms with Crippen molar-refractivity contribution in [1.29, 1.82) is 0 Å². The van der Waals surface area contributed by atoms with E-state index in [9.17, 15) is 4.79 Å². The van der Waals surface area contributed by atoms with Crippen molar-refractivity contribution in [1.82, 2.24) is 19.5 Å². The summed E-state index contributed by atoms with van der Waals surface area (Å²) in [7, 11) is 3.33. The molecule has 0 aliphatic rings. The van der Waals surface area contributed by atoms with Crippen LogP contribution >= 0.6 is 0 Å². The van der Waals surface area contributed by atoms with Crippen LogP contribution in [0.15, 0.2) is 59.9 Å². The molecule has 0 fully saturated rings. The van der Waals surface area contributed by atoms with E-state index in [1.807, 2.05) is 43.3 Å². The number of nitrogens with zero attached hydrogens (tertiary/aromatic N) is 4. The lowest BCUT2D eigenvalue weighted by Gasteiger charge is -2.13. The molecule has 3 heterocycles. The molecule has 0 aliphatic carbocycles. The number of hydrogen-bond donors (Lipinski definition) is 1. The molecule has 7 nitrogen and oxygen atoms in total. The molecule has 0 amide bonds. The molecule has 0 aliphatic heterocycles. The van der Waals surface area contributed by atoms with Crippen LogP contribution in [0.3, 0.4) is 0 Å². The van der Waals surface area contributed by atoms with Gasteiger partial charge in [-0.25, -0.2) is 9.97 Å². The van der Waals surface area contributed by atoms with Gasteiger partial charge in [-0.2, -0.15) is 0 Å². The minimum absolute atomic E-state index is 0.141. The van der Waals surface area contributed by atoms with Crippen LogP contribution in [-0.4, -0.2) is 26.6 Å². The van der Waals surface area contributed by atoms with Gasteiger partial charge in [-0.15, -0.1) is 0 Å². The Hall–Kier alpha value is -3.74. The van der Waals surface area contributed by atoms with E-state index in [1.54, 1.807) is 26.6 Å². The van der Waals surface area contributed by atoms with Crippen LogP contribution in [0.25, 0.3) is 22.2 Å². The Morgan fingerprint density at radius 3 is 2.66 bits per heavy atom. The number of fused-ring (bicyclic) bond motifs is 1. The fraction of sp³-hybridized carbons (Fsp3) is 0.182. The molecular formula is C22H21N5O2. The molecule has 0 saturated carbocycles. The Balaban J connectivity index is 1.84. The maximum atomic E-state index is 12.8. The lowest BCUT2D eigenvalue weighted by atomic mass is 10.1. The third kappa shape index (κ3) is 3.67. The molecule has 29 heavy (non-hydrogen) atoms. The van der Waals surface area contributed by atoms with Crippen LogP contribution in [0.2, 0.25) is 0 Å². The van der Waals surface area contributed by atoms with Crippen molar-refractivity contribution in [2.24, 2.45) is 7.05 Å². The van der Waals surface area contributed by atoms with Gasteiger partial charge in [0, 0.05) is 31.5 Å². The summed E-state index contributed by atoms with van der Waals surface area (Å²) in [4.78, 5) is 26.0. The number of ether oxygens (including phenoxy) is 1. The molecular weight excluding hydrogens is 366 g/mol. The van der Waals surface area contributed by atoms with E-state index >= 15 is 0 Å². The predicted octanol–water partition coefficient (Wildman–Crippen LogP) is 3.32. The predicted molar refractivity (Wildman–Crippen MR) is 113 cm³/mol. The molecule has 0 atom stereocenters. The molecule has 3 aromatic heterocycles. The molecule has 1 aromatic carbocycles. The first-order valence-electron chi connectivity index (χ1n) is 9.21. The summed E-state index contributed by atoms with van der Waals surface area (Å²) in [6.07, 6.45) is 5.00. The lowest BCUT2D eigenvalue weighted by Crippen LogP contribution is -2.19. The average Bonchev–Trinajstić information content (AvgIpc) is 2.75. The van der Waals surface area contributed by atoms with Crippen molar-refractivity contribution in [3.05, 3.63) is 76.6 Å². The molecule has 0 spiro atoms. The highest BCUT2D eigenvalue weighted by atomic mass is 16.5. The molecule has 0 unspecified atom stereocenters. The molecule has 0 saturated heterocycles. The number of benzene rings is 1. The average molecular weight is 387 g/mol. The number of methoxy groups -OCH3 is 1. The van der Waals surface area contributed by atoms with E-state index in [-0.39, 0.29) is 5.56 Å². The van der Waals surface area contributed by atoms with Crippen molar-refractivity contribution in [2.45, 2.75) is 13.5 Å². The monoisotopic (exact) mass is 387 g/mol. The smallest absolute Gasteiger partial charge is 0.264 e. The second kappa shape index (κ2) is 7.71. The minimum Gasteiger partial charge on any atom is -0.496 e. The number of hydrogen-bond acceptors (Lipinski definition) is 6. The SMILES string of the molecule is COc1ccc(-c2cc3ncn(C)c(=O)c3c(NCc3ccncc3)n2)cc1C. The van der Waals surface area contributed by atoms with Gasteiger partial charge in [-0.1, -0.05) is 0 Å². The van der Waals surface area contributed by atoms with Crippen LogP contribution in [0, 0.1) is 6.92 Å². The topological polar surface area (TPSA) is 81.9 Å². The van der Waals surface area contributed by atoms with Gasteiger partial charge < -0.3 is 14.6 Å². The van der Waals surface area contributed by atoms with Gasteiger partial charge in [-0.3, -0.25) is 9.78 Å². The number of aryl methyl sites for hydroxylation is 2. The zero-order valence-electron chi connectivity index (χ0n) is 16.5. The summed E-state index contributed by atoms with van der Waals surface area (Å²) in [6, 6.07) is 11.6. The highest BCUT2D eigenvalue weighted by Crippen LogP contribution is 2.28. The van der Waals surface area contributed by atoms with Gasteiger partial charge in [0.05, 0.1) is 24.6 Å². The maximum Gasteiger partial charge on any atom is 0.264 e. The second-order valence-electron chi connectivity index (χ2n) is 6.80. The first-order chi connectivity index (χ1) is 14.1. The van der Waals surface area contributed by atoms with Gasteiger partial charge in [0.15, 0.2) is 0 Å². The van der Waals surface area contributed by atoms with E-state index in [4.69, 9.17) is 9.72 Å². The fourth-order valence-corrected chi connectivity index (χ4v) is 3.22. The Morgan fingerprint density at radius 1 is 1.14 bits per heavy atom. The Labute approximate surface area is 168 Å². The molecule has 146 valence electrons. The standard InChI is InChI=1S/C22H21N5O2/c1-14-10-16(4-5-19(14)29-3)17-11-18-20(22(28)27(2)13-25-18)21(26-17)24-12-15-6-8-23-9-7-15/h4-11,13H,12H2,1-3H3,(H,24,26). The molecule has 1 N–H and O–H groups in total. The van der Waals surface area contributed by atoms with Crippen LogP contribution in [0.4, 0.5) is 5.82 Å². The van der Waals surface area contributed by atoms with Gasteiger partial charge in [0.2, 0.25) is 0 Å². The van der Waals surface area contributed by atoms with E-state index in [2.05, 4.69) is 15.3 Å². The molecule has 7 heteroatoms. The van der Waals surface area contributed by atoms with E-state index in [0.717, 1.165) is 28.1 Å². The quantitative estimate of drug-likeness (QED) is 0.566. The summed E-state index contributed by atoms with van der Waals surface area (Å²) in [5.41, 5.74) is 4.18. The first kappa shape index (κ1) is 18.6. The summed E-state index contributed by atoms with van der Waals surface area (Å²) < 4.78 is 6.81. The summed E-state index contributed by atoms with van der Waals surface area (Å²) in [6.45, 7) is 2.51. The summed E-state index contributed by atoms with van der Waals surface area (Å²) >= 11 is 0. The van der Waals surface area contributed by atoms with Crippen LogP contribution in [-0.2, 0) is 13.6 Å². The number of nitrogens with one attached hydrogen (secondary N) is 1. The Bertz CT molecular complexity index is 1240. The van der Waals surface area contributed by atoms with E-state index < -0.39 is 0 Å². The third-order valence-corrected chi connectivity index (χ3v) is 4.80. The minimum atomic E-state index is -0.141. The number of anilines is 1. The van der Waals surface area contributed by atoms with Crippen molar-refractivity contribution in [3.8, 4) is 17.0 Å². The van der Waals surface area contributed by atoms with Gasteiger partial charge in [0.25, 0.3) is 5.56 Å². The van der Waals surface area contributed by atoms with Crippen molar-refractivity contribution in [3.63, 3.8) is 0 Å². The van der Waals surface area contributed by atoms with E-state index in [1.165, 1.54) is 10.9 Å². The molecule has 4 aromatic rings. The summed E-state index contributed by atoms with van der Waals surface area (Å²) in [5.74, 6) is 1.33.